The molecule has 0 radical (unpaired) electrons. The molecule has 1 aromatic heterocycles. The van der Waals surface area contributed by atoms with E-state index < -0.39 is 6.10 Å². The molecule has 146 valence electrons. The van der Waals surface area contributed by atoms with Crippen molar-refractivity contribution in [1.29, 1.82) is 0 Å². The van der Waals surface area contributed by atoms with E-state index in [0.717, 1.165) is 24.2 Å². The lowest BCUT2D eigenvalue weighted by Crippen LogP contribution is -2.35. The van der Waals surface area contributed by atoms with Crippen LogP contribution >= 0.6 is 0 Å². The molecule has 0 fully saturated rings. The highest BCUT2D eigenvalue weighted by atomic mass is 16.3. The Morgan fingerprint density at radius 2 is 1.54 bits per heavy atom. The first-order valence-corrected chi connectivity index (χ1v) is 10.1. The molecule has 2 atom stereocenters. The average Bonchev–Trinajstić information content (AvgIpc) is 2.74. The molecule has 0 saturated heterocycles. The molecule has 0 bridgehead atoms. The highest BCUT2D eigenvalue weighted by Gasteiger charge is 2.27. The van der Waals surface area contributed by atoms with Crippen LogP contribution in [-0.2, 0) is 13.1 Å². The normalized spacial score (nSPS) is 13.4. The van der Waals surface area contributed by atoms with Gasteiger partial charge in [-0.15, -0.1) is 0 Å². The molecule has 1 N–H and O–H groups in total. The monoisotopic (exact) mass is 375 g/mol. The zero-order valence-electron chi connectivity index (χ0n) is 16.9. The second-order valence-corrected chi connectivity index (χ2v) is 7.43. The van der Waals surface area contributed by atoms with Crippen LogP contribution in [0.3, 0.4) is 0 Å². The van der Waals surface area contributed by atoms with Crippen molar-refractivity contribution in [1.82, 2.24) is 4.90 Å². The fourth-order valence-electron chi connectivity index (χ4n) is 3.70. The number of aliphatic hydroxyl groups excluding tert-OH is 1. The molecule has 28 heavy (non-hydrogen) atoms. The topological polar surface area (TPSA) is 27.4 Å². The standard InChI is InChI=1S/C25H31N2O/c1-3-4-17-27-18-11-12-21(20-27)19-26(2)24(22-13-7-5-8-14-22)25(28)23-15-9-6-10-16-23/h5-16,18,20,24-25,28H,3-4,17,19H2,1-2H3/q+1/t24-,25-/m1/s1. The van der Waals surface area contributed by atoms with Crippen molar-refractivity contribution < 1.29 is 9.67 Å². The van der Waals surface area contributed by atoms with E-state index in [1.54, 1.807) is 0 Å². The summed E-state index contributed by atoms with van der Waals surface area (Å²) in [5.74, 6) is 0. The number of benzene rings is 2. The Hall–Kier alpha value is -2.49. The second-order valence-electron chi connectivity index (χ2n) is 7.43. The van der Waals surface area contributed by atoms with Gasteiger partial charge in [0.2, 0.25) is 0 Å². The van der Waals surface area contributed by atoms with Crippen molar-refractivity contribution >= 4 is 0 Å². The summed E-state index contributed by atoms with van der Waals surface area (Å²) >= 11 is 0. The first-order valence-electron chi connectivity index (χ1n) is 10.1. The van der Waals surface area contributed by atoms with Crippen molar-refractivity contribution in [3.05, 3.63) is 102 Å². The van der Waals surface area contributed by atoms with Gasteiger partial charge in [-0.05, 0) is 24.2 Å². The number of aromatic nitrogens is 1. The fourth-order valence-corrected chi connectivity index (χ4v) is 3.70. The van der Waals surface area contributed by atoms with Crippen LogP contribution in [0.4, 0.5) is 0 Å². The van der Waals surface area contributed by atoms with E-state index in [4.69, 9.17) is 0 Å². The van der Waals surface area contributed by atoms with Gasteiger partial charge in [0, 0.05) is 24.6 Å². The minimum Gasteiger partial charge on any atom is -0.386 e. The summed E-state index contributed by atoms with van der Waals surface area (Å²) < 4.78 is 2.26. The van der Waals surface area contributed by atoms with E-state index in [0.29, 0.717) is 0 Å². The molecule has 3 rings (SSSR count). The predicted octanol–water partition coefficient (Wildman–Crippen LogP) is 4.68. The van der Waals surface area contributed by atoms with Gasteiger partial charge >= 0.3 is 0 Å². The molecule has 0 amide bonds. The number of hydrogen-bond acceptors (Lipinski definition) is 2. The van der Waals surface area contributed by atoms with Crippen molar-refractivity contribution in [2.75, 3.05) is 7.05 Å². The van der Waals surface area contributed by atoms with Crippen LogP contribution in [0, 0.1) is 0 Å². The van der Waals surface area contributed by atoms with Crippen LogP contribution in [0.5, 0.6) is 0 Å². The average molecular weight is 376 g/mol. The van der Waals surface area contributed by atoms with Gasteiger partial charge in [0.05, 0.1) is 12.1 Å². The molecule has 3 aromatic rings. The van der Waals surface area contributed by atoms with Crippen LogP contribution in [0.2, 0.25) is 0 Å². The van der Waals surface area contributed by atoms with Gasteiger partial charge in [0.1, 0.15) is 6.54 Å². The largest absolute Gasteiger partial charge is 0.386 e. The number of aliphatic hydroxyl groups is 1. The van der Waals surface area contributed by atoms with Crippen LogP contribution < -0.4 is 4.57 Å². The quantitative estimate of drug-likeness (QED) is 0.550. The lowest BCUT2D eigenvalue weighted by molar-refractivity contribution is -0.697. The van der Waals surface area contributed by atoms with Crippen LogP contribution in [0.15, 0.2) is 85.2 Å². The maximum atomic E-state index is 11.2. The second kappa shape index (κ2) is 10.2. The fraction of sp³-hybridized carbons (Fsp3) is 0.320. The van der Waals surface area contributed by atoms with Crippen molar-refractivity contribution in [2.45, 2.75) is 45.0 Å². The molecule has 2 aromatic carbocycles. The van der Waals surface area contributed by atoms with Crippen LogP contribution in [0.1, 0.15) is 48.6 Å². The number of nitrogens with zero attached hydrogens (tertiary/aromatic N) is 2. The summed E-state index contributed by atoms with van der Waals surface area (Å²) in [4.78, 5) is 2.24. The minimum atomic E-state index is -0.593. The maximum Gasteiger partial charge on any atom is 0.173 e. The van der Waals surface area contributed by atoms with Crippen LogP contribution in [-0.4, -0.2) is 17.1 Å². The lowest BCUT2D eigenvalue weighted by Gasteiger charge is -2.32. The number of rotatable bonds is 9. The third kappa shape index (κ3) is 5.28. The zero-order valence-corrected chi connectivity index (χ0v) is 16.9. The number of aryl methyl sites for hydroxylation is 1. The summed E-state index contributed by atoms with van der Waals surface area (Å²) in [6.07, 6.45) is 6.14. The summed E-state index contributed by atoms with van der Waals surface area (Å²) in [5.41, 5.74) is 3.31. The third-order valence-electron chi connectivity index (χ3n) is 5.18. The molecular weight excluding hydrogens is 344 g/mol. The lowest BCUT2D eigenvalue weighted by atomic mass is 9.94. The van der Waals surface area contributed by atoms with Gasteiger partial charge in [-0.1, -0.05) is 74.0 Å². The van der Waals surface area contributed by atoms with Gasteiger partial charge in [0.25, 0.3) is 0 Å². The summed E-state index contributed by atoms with van der Waals surface area (Å²) in [5, 5.41) is 11.2. The summed E-state index contributed by atoms with van der Waals surface area (Å²) in [6.45, 7) is 4.03. The van der Waals surface area contributed by atoms with Gasteiger partial charge in [0.15, 0.2) is 12.4 Å². The third-order valence-corrected chi connectivity index (χ3v) is 5.18. The Morgan fingerprint density at radius 3 is 2.18 bits per heavy atom. The van der Waals surface area contributed by atoms with Crippen molar-refractivity contribution in [3.63, 3.8) is 0 Å². The van der Waals surface area contributed by atoms with Gasteiger partial charge in [-0.25, -0.2) is 4.57 Å². The Labute approximate surface area is 168 Å². The smallest absolute Gasteiger partial charge is 0.173 e. The van der Waals surface area contributed by atoms with Crippen LogP contribution in [0.25, 0.3) is 0 Å². The van der Waals surface area contributed by atoms with E-state index in [1.165, 1.54) is 18.4 Å². The Balaban J connectivity index is 1.84. The molecule has 0 aliphatic heterocycles. The molecule has 0 aliphatic rings. The Morgan fingerprint density at radius 1 is 0.893 bits per heavy atom. The maximum absolute atomic E-state index is 11.2. The molecule has 0 aliphatic carbocycles. The molecule has 0 saturated carbocycles. The highest BCUT2D eigenvalue weighted by Crippen LogP contribution is 2.34. The minimum absolute atomic E-state index is 0.118. The molecule has 3 heteroatoms. The zero-order chi connectivity index (χ0) is 19.8. The number of unbranched alkanes of at least 4 members (excludes halogenated alkanes) is 1. The summed E-state index contributed by atoms with van der Waals surface area (Å²) in [6, 6.07) is 24.4. The molecule has 1 heterocycles. The Kier molecular flexibility index (Phi) is 7.35. The van der Waals surface area contributed by atoms with Gasteiger partial charge in [-0.2, -0.15) is 0 Å². The van der Waals surface area contributed by atoms with Crippen molar-refractivity contribution in [2.24, 2.45) is 0 Å². The SMILES string of the molecule is CCCC[n+]1cccc(CN(C)[C@H](c2ccccc2)[C@H](O)c2ccccc2)c1. The number of hydrogen-bond donors (Lipinski definition) is 1. The van der Waals surface area contributed by atoms with Crippen molar-refractivity contribution in [3.8, 4) is 0 Å². The molecule has 3 nitrogen and oxygen atoms in total. The van der Waals surface area contributed by atoms with E-state index in [-0.39, 0.29) is 6.04 Å². The first-order chi connectivity index (χ1) is 13.7. The molecule has 0 spiro atoms. The van der Waals surface area contributed by atoms with E-state index in [1.807, 2.05) is 48.5 Å². The van der Waals surface area contributed by atoms with E-state index >= 15 is 0 Å². The van der Waals surface area contributed by atoms with E-state index in [9.17, 15) is 5.11 Å². The summed E-state index contributed by atoms with van der Waals surface area (Å²) in [7, 11) is 2.09. The van der Waals surface area contributed by atoms with Gasteiger partial charge < -0.3 is 5.11 Å². The number of pyridine rings is 1. The molecule has 0 unspecified atom stereocenters. The molecular formula is C25H31N2O+. The first kappa shape index (κ1) is 20.2. The van der Waals surface area contributed by atoms with Gasteiger partial charge in [-0.3, -0.25) is 4.90 Å². The number of likely N-dealkylation sites (N-methyl/N-ethyl adjacent to an activating group) is 1. The van der Waals surface area contributed by atoms with E-state index in [2.05, 4.69) is 60.1 Å². The highest BCUT2D eigenvalue weighted by molar-refractivity contribution is 5.26. The predicted molar refractivity (Wildman–Crippen MR) is 114 cm³/mol. The Bertz CT molecular complexity index is 835.